The maximum Gasteiger partial charge on any atom is 0.189 e. The van der Waals surface area contributed by atoms with Crippen LogP contribution in [0.4, 0.5) is 5.69 Å². The molecular weight excluding hydrogens is 276 g/mol. The van der Waals surface area contributed by atoms with Crippen LogP contribution in [0.25, 0.3) is 0 Å². The lowest BCUT2D eigenvalue weighted by Gasteiger charge is -2.15. The second-order valence-electron chi connectivity index (χ2n) is 4.02. The monoisotopic (exact) mass is 294 g/mol. The molecule has 1 rings (SSSR count). The third-order valence-electron chi connectivity index (χ3n) is 2.34. The lowest BCUT2D eigenvalue weighted by Crippen LogP contribution is -2.48. The van der Waals surface area contributed by atoms with Crippen LogP contribution in [0.2, 0.25) is 0 Å². The minimum atomic E-state index is 0.455. The van der Waals surface area contributed by atoms with E-state index in [0.717, 1.165) is 11.3 Å². The van der Waals surface area contributed by atoms with Gasteiger partial charge in [-0.25, -0.2) is 0 Å². The van der Waals surface area contributed by atoms with Crippen molar-refractivity contribution in [2.24, 2.45) is 0 Å². The summed E-state index contributed by atoms with van der Waals surface area (Å²) in [6.45, 7) is 8.25. The van der Waals surface area contributed by atoms with Gasteiger partial charge in [0.2, 0.25) is 0 Å². The second-order valence-corrected chi connectivity index (χ2v) is 4.84. The molecule has 0 radical (unpaired) electrons. The Morgan fingerprint density at radius 1 is 1.21 bits per heavy atom. The summed E-state index contributed by atoms with van der Waals surface area (Å²) < 4.78 is 0. The quantitative estimate of drug-likeness (QED) is 0.389. The van der Waals surface area contributed by atoms with Crippen LogP contribution in [0.5, 0.6) is 0 Å². The van der Waals surface area contributed by atoms with Crippen LogP contribution in [0, 0.1) is 13.8 Å². The zero-order valence-electron chi connectivity index (χ0n) is 11.0. The number of hydrazine groups is 1. The van der Waals surface area contributed by atoms with Gasteiger partial charge in [-0.05, 0) is 55.5 Å². The van der Waals surface area contributed by atoms with E-state index in [1.54, 1.807) is 6.08 Å². The van der Waals surface area contributed by atoms with Crippen molar-refractivity contribution in [2.75, 3.05) is 11.9 Å². The highest BCUT2D eigenvalue weighted by Gasteiger charge is 2.01. The van der Waals surface area contributed by atoms with E-state index in [2.05, 4.69) is 34.1 Å². The van der Waals surface area contributed by atoms with E-state index < -0.39 is 0 Å². The lowest BCUT2D eigenvalue weighted by atomic mass is 10.1. The standard InChI is InChI=1S/C13H18N4S2/c1-4-7-14-12(18)16-17-13(19)15-11-8-9(2)5-6-10(11)3/h4-6,8H,1,7H2,2-3H3,(H2,14,16,18)(H2,15,17,19). The Bertz CT molecular complexity index is 486. The zero-order chi connectivity index (χ0) is 14.3. The molecule has 0 aromatic heterocycles. The van der Waals surface area contributed by atoms with Gasteiger partial charge < -0.3 is 10.6 Å². The Labute approximate surface area is 124 Å². The van der Waals surface area contributed by atoms with Gasteiger partial charge in [0.25, 0.3) is 0 Å². The molecule has 0 saturated heterocycles. The molecular formula is C13H18N4S2. The number of aryl methyl sites for hydroxylation is 2. The summed E-state index contributed by atoms with van der Waals surface area (Å²) >= 11 is 10.2. The number of hydrogen-bond donors (Lipinski definition) is 4. The SMILES string of the molecule is C=CCNC(=S)NNC(=S)Nc1cc(C)ccc1C. The fraction of sp³-hybridized carbons (Fsp3) is 0.231. The van der Waals surface area contributed by atoms with Gasteiger partial charge in [0.05, 0.1) is 0 Å². The summed E-state index contributed by atoms with van der Waals surface area (Å²) in [6, 6.07) is 6.14. The Morgan fingerprint density at radius 3 is 2.58 bits per heavy atom. The van der Waals surface area contributed by atoms with Gasteiger partial charge in [0.15, 0.2) is 10.2 Å². The molecule has 0 heterocycles. The van der Waals surface area contributed by atoms with E-state index in [1.165, 1.54) is 5.56 Å². The summed E-state index contributed by atoms with van der Waals surface area (Å²) in [5.74, 6) is 0. The molecule has 19 heavy (non-hydrogen) atoms. The number of nitrogens with one attached hydrogen (secondary N) is 4. The molecule has 102 valence electrons. The van der Waals surface area contributed by atoms with Crippen molar-refractivity contribution in [3.05, 3.63) is 42.0 Å². The van der Waals surface area contributed by atoms with Gasteiger partial charge in [-0.3, -0.25) is 10.9 Å². The van der Waals surface area contributed by atoms with E-state index >= 15 is 0 Å². The summed E-state index contributed by atoms with van der Waals surface area (Å²) in [4.78, 5) is 0. The number of thiocarbonyl (C=S) groups is 2. The van der Waals surface area contributed by atoms with Crippen molar-refractivity contribution < 1.29 is 0 Å². The van der Waals surface area contributed by atoms with Gasteiger partial charge in [-0.1, -0.05) is 18.2 Å². The molecule has 0 amide bonds. The molecule has 0 aliphatic heterocycles. The highest BCUT2D eigenvalue weighted by Crippen LogP contribution is 2.15. The van der Waals surface area contributed by atoms with Crippen molar-refractivity contribution >= 4 is 40.3 Å². The van der Waals surface area contributed by atoms with Gasteiger partial charge in [-0.2, -0.15) is 0 Å². The first-order valence-electron chi connectivity index (χ1n) is 5.82. The molecule has 0 unspecified atom stereocenters. The van der Waals surface area contributed by atoms with Crippen LogP contribution < -0.4 is 21.5 Å². The zero-order valence-corrected chi connectivity index (χ0v) is 12.7. The van der Waals surface area contributed by atoms with Crippen LogP contribution >= 0.6 is 24.4 Å². The maximum atomic E-state index is 5.18. The van der Waals surface area contributed by atoms with Gasteiger partial charge >= 0.3 is 0 Å². The molecule has 0 aliphatic carbocycles. The molecule has 0 spiro atoms. The van der Waals surface area contributed by atoms with Crippen molar-refractivity contribution in [3.63, 3.8) is 0 Å². The first kappa shape index (κ1) is 15.4. The number of rotatable bonds is 3. The lowest BCUT2D eigenvalue weighted by molar-refractivity contribution is 0.839. The van der Waals surface area contributed by atoms with E-state index in [-0.39, 0.29) is 0 Å². The third kappa shape index (κ3) is 5.67. The first-order valence-corrected chi connectivity index (χ1v) is 6.63. The Hall–Kier alpha value is -1.66. The molecule has 0 fully saturated rings. The molecule has 0 aliphatic rings. The van der Waals surface area contributed by atoms with Crippen LogP contribution in [0.15, 0.2) is 30.9 Å². The predicted molar refractivity (Wildman–Crippen MR) is 89.2 cm³/mol. The molecule has 0 bridgehead atoms. The van der Waals surface area contributed by atoms with Crippen LogP contribution in [-0.2, 0) is 0 Å². The maximum absolute atomic E-state index is 5.18. The largest absolute Gasteiger partial charge is 0.358 e. The van der Waals surface area contributed by atoms with Crippen molar-refractivity contribution in [2.45, 2.75) is 13.8 Å². The fourth-order valence-corrected chi connectivity index (χ4v) is 1.64. The van der Waals surface area contributed by atoms with Gasteiger partial charge in [0.1, 0.15) is 0 Å². The normalized spacial score (nSPS) is 9.37. The molecule has 4 N–H and O–H groups in total. The molecule has 0 atom stereocenters. The van der Waals surface area contributed by atoms with E-state index in [9.17, 15) is 0 Å². The minimum absolute atomic E-state index is 0.455. The van der Waals surface area contributed by atoms with Crippen LogP contribution in [-0.4, -0.2) is 16.8 Å². The Morgan fingerprint density at radius 2 is 1.89 bits per heavy atom. The Kier molecular flexibility index (Phi) is 6.24. The molecule has 6 heteroatoms. The number of benzene rings is 1. The van der Waals surface area contributed by atoms with E-state index in [4.69, 9.17) is 24.4 Å². The average Bonchev–Trinajstić information content (AvgIpc) is 2.38. The first-order chi connectivity index (χ1) is 9.02. The van der Waals surface area contributed by atoms with Crippen LogP contribution in [0.3, 0.4) is 0 Å². The van der Waals surface area contributed by atoms with Gasteiger partial charge in [0, 0.05) is 12.2 Å². The van der Waals surface area contributed by atoms with Crippen molar-refractivity contribution in [1.82, 2.24) is 16.2 Å². The predicted octanol–water partition coefficient (Wildman–Crippen LogP) is 2.15. The van der Waals surface area contributed by atoms with Crippen molar-refractivity contribution in [3.8, 4) is 0 Å². The number of anilines is 1. The average molecular weight is 294 g/mol. The third-order valence-corrected chi connectivity index (χ3v) is 2.79. The molecule has 4 nitrogen and oxygen atoms in total. The summed E-state index contributed by atoms with van der Waals surface area (Å²) in [5, 5.41) is 6.96. The molecule has 1 aromatic carbocycles. The smallest absolute Gasteiger partial charge is 0.189 e. The highest BCUT2D eigenvalue weighted by atomic mass is 32.1. The van der Waals surface area contributed by atoms with E-state index in [0.29, 0.717) is 16.8 Å². The summed E-state index contributed by atoms with van der Waals surface area (Å²) in [7, 11) is 0. The van der Waals surface area contributed by atoms with Crippen LogP contribution in [0.1, 0.15) is 11.1 Å². The topological polar surface area (TPSA) is 48.1 Å². The Balaban J connectivity index is 2.45. The second kappa shape index (κ2) is 7.70. The summed E-state index contributed by atoms with van der Waals surface area (Å²) in [6.07, 6.45) is 1.72. The van der Waals surface area contributed by atoms with Crippen molar-refractivity contribution in [1.29, 1.82) is 0 Å². The minimum Gasteiger partial charge on any atom is -0.358 e. The summed E-state index contributed by atoms with van der Waals surface area (Å²) in [5.41, 5.74) is 8.89. The number of hydrogen-bond acceptors (Lipinski definition) is 2. The highest BCUT2D eigenvalue weighted by molar-refractivity contribution is 7.80. The molecule has 1 aromatic rings. The van der Waals surface area contributed by atoms with Gasteiger partial charge in [-0.15, -0.1) is 6.58 Å². The molecule has 0 saturated carbocycles. The van der Waals surface area contributed by atoms with E-state index in [1.807, 2.05) is 26.0 Å². The fourth-order valence-electron chi connectivity index (χ4n) is 1.35.